The Morgan fingerprint density at radius 2 is 1.95 bits per heavy atom. The van der Waals surface area contributed by atoms with E-state index in [1.54, 1.807) is 7.11 Å². The molecule has 0 aromatic heterocycles. The van der Waals surface area contributed by atoms with Crippen molar-refractivity contribution in [2.75, 3.05) is 7.11 Å². The van der Waals surface area contributed by atoms with Crippen molar-refractivity contribution in [3.05, 3.63) is 29.8 Å². The third-order valence-electron chi connectivity index (χ3n) is 5.01. The van der Waals surface area contributed by atoms with E-state index >= 15 is 0 Å². The third kappa shape index (κ3) is 5.03. The summed E-state index contributed by atoms with van der Waals surface area (Å²) in [5.74, 6) is 1.74. The summed E-state index contributed by atoms with van der Waals surface area (Å²) in [6.45, 7) is 2.26. The van der Waals surface area contributed by atoms with E-state index in [1.807, 2.05) is 12.1 Å². The summed E-state index contributed by atoms with van der Waals surface area (Å²) in [5, 5.41) is 10.9. The Morgan fingerprint density at radius 1 is 1.19 bits per heavy atom. The molecule has 2 atom stereocenters. The highest BCUT2D eigenvalue weighted by Crippen LogP contribution is 2.35. The summed E-state index contributed by atoms with van der Waals surface area (Å²) >= 11 is 0. The molecule has 21 heavy (non-hydrogen) atoms. The largest absolute Gasteiger partial charge is 0.497 e. The number of ether oxygens (including phenoxy) is 1. The summed E-state index contributed by atoms with van der Waals surface area (Å²) in [6.07, 6.45) is 10.1. The molecule has 0 bridgehead atoms. The van der Waals surface area contributed by atoms with Gasteiger partial charge in [0.2, 0.25) is 0 Å². The first kappa shape index (κ1) is 16.4. The topological polar surface area (TPSA) is 29.5 Å². The maximum Gasteiger partial charge on any atom is 0.118 e. The molecule has 2 heteroatoms. The number of hydrogen-bond acceptors (Lipinski definition) is 2. The van der Waals surface area contributed by atoms with E-state index in [4.69, 9.17) is 4.74 Å². The maximum atomic E-state index is 10.9. The highest BCUT2D eigenvalue weighted by atomic mass is 16.5. The van der Waals surface area contributed by atoms with Crippen molar-refractivity contribution in [2.45, 2.75) is 70.3 Å². The van der Waals surface area contributed by atoms with Crippen LogP contribution in [0.5, 0.6) is 5.75 Å². The SMILES string of the molecule is CCCC1CCCC(O)(CCc2ccc(OC)cc2)CC1. The second kappa shape index (κ2) is 7.84. The molecule has 0 aliphatic heterocycles. The van der Waals surface area contributed by atoms with Crippen LogP contribution in [0.15, 0.2) is 24.3 Å². The van der Waals surface area contributed by atoms with Crippen LogP contribution in [0.2, 0.25) is 0 Å². The number of aliphatic hydroxyl groups is 1. The van der Waals surface area contributed by atoms with E-state index in [-0.39, 0.29) is 0 Å². The van der Waals surface area contributed by atoms with Gasteiger partial charge in [-0.05, 0) is 55.7 Å². The molecule has 0 saturated heterocycles. The maximum absolute atomic E-state index is 10.9. The average molecular weight is 290 g/mol. The Morgan fingerprint density at radius 3 is 2.62 bits per heavy atom. The first-order valence-electron chi connectivity index (χ1n) is 8.50. The van der Waals surface area contributed by atoms with Gasteiger partial charge in [-0.3, -0.25) is 0 Å². The van der Waals surface area contributed by atoms with Gasteiger partial charge < -0.3 is 9.84 Å². The summed E-state index contributed by atoms with van der Waals surface area (Å²) in [7, 11) is 1.69. The number of benzene rings is 1. The van der Waals surface area contributed by atoms with Gasteiger partial charge in [-0.1, -0.05) is 44.7 Å². The highest BCUT2D eigenvalue weighted by molar-refractivity contribution is 5.27. The molecular formula is C19H30O2. The van der Waals surface area contributed by atoms with Crippen LogP contribution in [-0.4, -0.2) is 17.8 Å². The van der Waals surface area contributed by atoms with Crippen LogP contribution in [0.1, 0.15) is 63.9 Å². The van der Waals surface area contributed by atoms with Crippen molar-refractivity contribution >= 4 is 0 Å². The Hall–Kier alpha value is -1.02. The quantitative estimate of drug-likeness (QED) is 0.767. The summed E-state index contributed by atoms with van der Waals surface area (Å²) in [5.41, 5.74) is 0.848. The van der Waals surface area contributed by atoms with Crippen molar-refractivity contribution in [2.24, 2.45) is 5.92 Å². The number of hydrogen-bond donors (Lipinski definition) is 1. The van der Waals surface area contributed by atoms with Gasteiger partial charge in [-0.25, -0.2) is 0 Å². The lowest BCUT2D eigenvalue weighted by Crippen LogP contribution is -2.28. The first-order chi connectivity index (χ1) is 10.1. The molecule has 2 rings (SSSR count). The van der Waals surface area contributed by atoms with Crippen molar-refractivity contribution in [1.29, 1.82) is 0 Å². The predicted molar refractivity (Wildman–Crippen MR) is 87.7 cm³/mol. The van der Waals surface area contributed by atoms with Gasteiger partial charge in [-0.2, -0.15) is 0 Å². The minimum atomic E-state index is -0.442. The van der Waals surface area contributed by atoms with Crippen molar-refractivity contribution in [3.8, 4) is 5.75 Å². The Balaban J connectivity index is 1.85. The molecule has 1 fully saturated rings. The van der Waals surface area contributed by atoms with Crippen molar-refractivity contribution < 1.29 is 9.84 Å². The van der Waals surface area contributed by atoms with Gasteiger partial charge in [0, 0.05) is 0 Å². The molecule has 1 N–H and O–H groups in total. The lowest BCUT2D eigenvalue weighted by Gasteiger charge is -2.27. The zero-order valence-electron chi connectivity index (χ0n) is 13.6. The second-order valence-electron chi connectivity index (χ2n) is 6.66. The fraction of sp³-hybridized carbons (Fsp3) is 0.684. The number of rotatable bonds is 6. The molecular weight excluding hydrogens is 260 g/mol. The molecule has 118 valence electrons. The second-order valence-corrected chi connectivity index (χ2v) is 6.66. The van der Waals surface area contributed by atoms with Crippen LogP contribution in [0.25, 0.3) is 0 Å². The molecule has 1 aliphatic rings. The minimum absolute atomic E-state index is 0.442. The highest BCUT2D eigenvalue weighted by Gasteiger charge is 2.30. The zero-order chi connectivity index (χ0) is 15.1. The molecule has 2 nitrogen and oxygen atoms in total. The molecule has 0 spiro atoms. The third-order valence-corrected chi connectivity index (χ3v) is 5.01. The fourth-order valence-electron chi connectivity index (χ4n) is 3.58. The van der Waals surface area contributed by atoms with E-state index in [1.165, 1.54) is 37.7 Å². The summed E-state index contributed by atoms with van der Waals surface area (Å²) < 4.78 is 5.19. The normalized spacial score (nSPS) is 26.3. The van der Waals surface area contributed by atoms with Crippen LogP contribution in [0.4, 0.5) is 0 Å². The smallest absolute Gasteiger partial charge is 0.118 e. The fourth-order valence-corrected chi connectivity index (χ4v) is 3.58. The average Bonchev–Trinajstić information content (AvgIpc) is 2.69. The van der Waals surface area contributed by atoms with Crippen LogP contribution in [-0.2, 0) is 6.42 Å². The minimum Gasteiger partial charge on any atom is -0.497 e. The van der Waals surface area contributed by atoms with Gasteiger partial charge in [0.1, 0.15) is 5.75 Å². The molecule has 0 heterocycles. The lowest BCUT2D eigenvalue weighted by molar-refractivity contribution is 0.0156. The molecule has 1 aliphatic carbocycles. The predicted octanol–water partition coefficient (Wildman–Crippen LogP) is 4.74. The van der Waals surface area contributed by atoms with Crippen molar-refractivity contribution in [3.63, 3.8) is 0 Å². The van der Waals surface area contributed by atoms with E-state index < -0.39 is 5.60 Å². The summed E-state index contributed by atoms with van der Waals surface area (Å²) in [4.78, 5) is 0. The van der Waals surface area contributed by atoms with Gasteiger partial charge in [0.25, 0.3) is 0 Å². The van der Waals surface area contributed by atoms with Gasteiger partial charge in [0.15, 0.2) is 0 Å². The van der Waals surface area contributed by atoms with E-state index in [9.17, 15) is 5.11 Å². The lowest BCUT2D eigenvalue weighted by atomic mass is 9.87. The van der Waals surface area contributed by atoms with Crippen LogP contribution < -0.4 is 4.74 Å². The Kier molecular flexibility index (Phi) is 6.10. The molecule has 1 aromatic carbocycles. The monoisotopic (exact) mass is 290 g/mol. The Labute approximate surface area is 129 Å². The molecule has 0 radical (unpaired) electrons. The summed E-state index contributed by atoms with van der Waals surface area (Å²) in [6, 6.07) is 8.23. The molecule has 1 aromatic rings. The van der Waals surface area contributed by atoms with Crippen LogP contribution in [0.3, 0.4) is 0 Å². The molecule has 2 unspecified atom stereocenters. The molecule has 1 saturated carbocycles. The van der Waals surface area contributed by atoms with E-state index in [2.05, 4.69) is 19.1 Å². The van der Waals surface area contributed by atoms with Gasteiger partial charge >= 0.3 is 0 Å². The molecule has 0 amide bonds. The first-order valence-corrected chi connectivity index (χ1v) is 8.50. The van der Waals surface area contributed by atoms with Crippen LogP contribution >= 0.6 is 0 Å². The number of aryl methyl sites for hydroxylation is 1. The zero-order valence-corrected chi connectivity index (χ0v) is 13.6. The Bertz CT molecular complexity index is 412. The van der Waals surface area contributed by atoms with Crippen molar-refractivity contribution in [1.82, 2.24) is 0 Å². The van der Waals surface area contributed by atoms with Gasteiger partial charge in [0.05, 0.1) is 12.7 Å². The van der Waals surface area contributed by atoms with Crippen LogP contribution in [0, 0.1) is 5.92 Å². The van der Waals surface area contributed by atoms with Gasteiger partial charge in [-0.15, -0.1) is 0 Å². The number of methoxy groups -OCH3 is 1. The van der Waals surface area contributed by atoms with E-state index in [0.29, 0.717) is 0 Å². The van der Waals surface area contributed by atoms with E-state index in [0.717, 1.165) is 37.4 Å². The standard InChI is InChI=1S/C19H30O2/c1-3-5-16-6-4-13-19(20,14-11-16)15-12-17-7-9-18(21-2)10-8-17/h7-10,16,20H,3-6,11-15H2,1-2H3.